The molecule has 0 unspecified atom stereocenters. The summed E-state index contributed by atoms with van der Waals surface area (Å²) in [6.07, 6.45) is 3.86. The summed E-state index contributed by atoms with van der Waals surface area (Å²) >= 11 is 0. The number of nitrogens with zero attached hydrogens (tertiary/aromatic N) is 1. The van der Waals surface area contributed by atoms with Crippen LogP contribution >= 0.6 is 0 Å². The van der Waals surface area contributed by atoms with Crippen LogP contribution in [0.4, 0.5) is 0 Å². The molecule has 2 radical (unpaired) electrons. The van der Waals surface area contributed by atoms with Crippen molar-refractivity contribution in [3.05, 3.63) is 47.5 Å². The molecule has 0 fully saturated rings. The number of amides is 2. The first-order valence-electron chi connectivity index (χ1n) is 5.06. The first-order valence-corrected chi connectivity index (χ1v) is 5.06. The monoisotopic (exact) mass is 211 g/mol. The summed E-state index contributed by atoms with van der Waals surface area (Å²) in [5.41, 5.74) is 0.960. The maximum Gasteiger partial charge on any atom is 0.261 e. The summed E-state index contributed by atoms with van der Waals surface area (Å²) in [6, 6.07) is 6.84. The van der Waals surface area contributed by atoms with E-state index < -0.39 is 0 Å². The number of rotatable bonds is 3. The Kier molecular flexibility index (Phi) is 2.90. The van der Waals surface area contributed by atoms with Gasteiger partial charge in [0.1, 0.15) is 0 Å². The third-order valence-corrected chi connectivity index (χ3v) is 2.47. The second-order valence-electron chi connectivity index (χ2n) is 3.47. The van der Waals surface area contributed by atoms with Crippen LogP contribution in [0.3, 0.4) is 0 Å². The van der Waals surface area contributed by atoms with Crippen LogP contribution in [-0.4, -0.2) is 31.1 Å². The molecular weight excluding hydrogens is 201 g/mol. The van der Waals surface area contributed by atoms with Crippen molar-refractivity contribution >= 4 is 19.7 Å². The Morgan fingerprint density at radius 2 is 1.62 bits per heavy atom. The SMILES string of the molecule is [B]C/C=C/CN1C(=O)c2ccccc2C1=O. The van der Waals surface area contributed by atoms with Crippen molar-refractivity contribution in [2.45, 2.75) is 6.32 Å². The second kappa shape index (κ2) is 4.35. The Labute approximate surface area is 95.2 Å². The zero-order chi connectivity index (χ0) is 11.5. The minimum absolute atomic E-state index is 0.234. The molecule has 0 saturated carbocycles. The number of carbonyl (C=O) groups is 2. The van der Waals surface area contributed by atoms with Crippen LogP contribution in [0.5, 0.6) is 0 Å². The Morgan fingerprint density at radius 3 is 2.12 bits per heavy atom. The molecule has 3 nitrogen and oxygen atoms in total. The minimum Gasteiger partial charge on any atom is -0.270 e. The lowest BCUT2D eigenvalue weighted by atomic mass is 10.1. The molecule has 2 rings (SSSR count). The van der Waals surface area contributed by atoms with Gasteiger partial charge in [-0.2, -0.15) is 0 Å². The van der Waals surface area contributed by atoms with Gasteiger partial charge >= 0.3 is 0 Å². The maximum absolute atomic E-state index is 11.8. The topological polar surface area (TPSA) is 37.4 Å². The summed E-state index contributed by atoms with van der Waals surface area (Å²) in [7, 11) is 5.29. The number of hydrogen-bond acceptors (Lipinski definition) is 2. The highest BCUT2D eigenvalue weighted by Crippen LogP contribution is 2.21. The molecule has 0 saturated heterocycles. The van der Waals surface area contributed by atoms with Gasteiger partial charge in [0.25, 0.3) is 11.8 Å². The molecule has 2 amide bonds. The lowest BCUT2D eigenvalue weighted by molar-refractivity contribution is 0.0672. The van der Waals surface area contributed by atoms with E-state index in [-0.39, 0.29) is 18.4 Å². The lowest BCUT2D eigenvalue weighted by Crippen LogP contribution is -2.29. The fraction of sp³-hybridized carbons (Fsp3) is 0.167. The molecule has 16 heavy (non-hydrogen) atoms. The van der Waals surface area contributed by atoms with Gasteiger partial charge in [-0.05, 0) is 12.1 Å². The molecule has 1 aromatic carbocycles. The van der Waals surface area contributed by atoms with Gasteiger partial charge in [-0.15, -0.1) is 0 Å². The molecule has 0 N–H and O–H groups in total. The third-order valence-electron chi connectivity index (χ3n) is 2.47. The number of allylic oxidation sites excluding steroid dienone is 1. The van der Waals surface area contributed by atoms with Crippen molar-refractivity contribution in [1.82, 2.24) is 4.90 Å². The van der Waals surface area contributed by atoms with Crippen LogP contribution in [0.1, 0.15) is 20.7 Å². The number of carbonyl (C=O) groups excluding carboxylic acids is 2. The average Bonchev–Trinajstić information content (AvgIpc) is 2.55. The van der Waals surface area contributed by atoms with Crippen LogP contribution in [0.2, 0.25) is 6.32 Å². The molecule has 1 aliphatic rings. The van der Waals surface area contributed by atoms with Gasteiger partial charge in [0, 0.05) is 6.54 Å². The van der Waals surface area contributed by atoms with Crippen LogP contribution in [-0.2, 0) is 0 Å². The van der Waals surface area contributed by atoms with Gasteiger partial charge in [0.2, 0.25) is 0 Å². The van der Waals surface area contributed by atoms with E-state index in [2.05, 4.69) is 0 Å². The number of hydrogen-bond donors (Lipinski definition) is 0. The Hall–Kier alpha value is -1.84. The van der Waals surface area contributed by atoms with E-state index >= 15 is 0 Å². The highest BCUT2D eigenvalue weighted by molar-refractivity contribution is 6.21. The van der Waals surface area contributed by atoms with E-state index in [4.69, 9.17) is 7.85 Å². The molecular formula is C12H10BNO2. The summed E-state index contributed by atoms with van der Waals surface area (Å²) in [4.78, 5) is 24.9. The highest BCUT2D eigenvalue weighted by Gasteiger charge is 2.33. The Balaban J connectivity index is 2.25. The molecule has 78 valence electrons. The summed E-state index contributed by atoms with van der Waals surface area (Å²) in [6.45, 7) is 0.281. The van der Waals surface area contributed by atoms with Gasteiger partial charge in [-0.1, -0.05) is 30.6 Å². The van der Waals surface area contributed by atoms with E-state index in [0.717, 1.165) is 0 Å². The standard InChI is InChI=1S/C12H10BNO2/c13-7-3-4-8-14-11(15)9-5-1-2-6-10(9)12(14)16/h1-6H,7-8H2/b4-3+. The summed E-state index contributed by atoms with van der Waals surface area (Å²) in [5, 5.41) is 0. The van der Waals surface area contributed by atoms with E-state index in [1.54, 1.807) is 36.4 Å². The molecule has 0 aromatic heterocycles. The van der Waals surface area contributed by atoms with Crippen LogP contribution < -0.4 is 0 Å². The van der Waals surface area contributed by atoms with Gasteiger partial charge in [-0.3, -0.25) is 14.5 Å². The molecule has 0 spiro atoms. The van der Waals surface area contributed by atoms with Crippen molar-refractivity contribution in [3.8, 4) is 0 Å². The number of imide groups is 1. The fourth-order valence-corrected chi connectivity index (χ4v) is 1.68. The smallest absolute Gasteiger partial charge is 0.261 e. The van der Waals surface area contributed by atoms with Crippen molar-refractivity contribution in [3.63, 3.8) is 0 Å². The van der Waals surface area contributed by atoms with Gasteiger partial charge < -0.3 is 0 Å². The van der Waals surface area contributed by atoms with Crippen molar-refractivity contribution in [2.24, 2.45) is 0 Å². The normalized spacial score (nSPS) is 14.9. The van der Waals surface area contributed by atoms with Crippen molar-refractivity contribution < 1.29 is 9.59 Å². The van der Waals surface area contributed by atoms with E-state index in [1.165, 1.54) is 4.90 Å². The van der Waals surface area contributed by atoms with Crippen LogP contribution in [0.25, 0.3) is 0 Å². The first kappa shape index (κ1) is 10.7. The van der Waals surface area contributed by atoms with Crippen LogP contribution in [0, 0.1) is 0 Å². The number of benzene rings is 1. The van der Waals surface area contributed by atoms with Gasteiger partial charge in [0.15, 0.2) is 0 Å². The first-order chi connectivity index (χ1) is 7.75. The summed E-state index contributed by atoms with van der Waals surface area (Å²) < 4.78 is 0. The predicted molar refractivity (Wildman–Crippen MR) is 61.5 cm³/mol. The highest BCUT2D eigenvalue weighted by atomic mass is 16.2. The Morgan fingerprint density at radius 1 is 1.06 bits per heavy atom. The minimum atomic E-state index is -0.234. The largest absolute Gasteiger partial charge is 0.270 e. The maximum atomic E-state index is 11.8. The van der Waals surface area contributed by atoms with E-state index in [9.17, 15) is 9.59 Å². The molecule has 1 aromatic rings. The Bertz CT molecular complexity index is 433. The molecule has 1 heterocycles. The van der Waals surface area contributed by atoms with Crippen LogP contribution in [0.15, 0.2) is 36.4 Å². The molecule has 0 aliphatic carbocycles. The fourth-order valence-electron chi connectivity index (χ4n) is 1.68. The van der Waals surface area contributed by atoms with Gasteiger partial charge in [-0.25, -0.2) is 0 Å². The van der Waals surface area contributed by atoms with E-state index in [0.29, 0.717) is 17.4 Å². The van der Waals surface area contributed by atoms with E-state index in [1.807, 2.05) is 0 Å². The third kappa shape index (κ3) is 1.67. The molecule has 0 atom stereocenters. The average molecular weight is 211 g/mol. The molecule has 1 aliphatic heterocycles. The predicted octanol–water partition coefficient (Wildman–Crippen LogP) is 1.43. The molecule has 4 heteroatoms. The second-order valence-corrected chi connectivity index (χ2v) is 3.47. The van der Waals surface area contributed by atoms with Crippen molar-refractivity contribution in [2.75, 3.05) is 6.54 Å². The quantitative estimate of drug-likeness (QED) is 0.430. The molecule has 0 bridgehead atoms. The number of fused-ring (bicyclic) bond motifs is 1. The van der Waals surface area contributed by atoms with Gasteiger partial charge in [0.05, 0.1) is 19.0 Å². The lowest BCUT2D eigenvalue weighted by Gasteiger charge is -2.10. The van der Waals surface area contributed by atoms with Crippen molar-refractivity contribution in [1.29, 1.82) is 0 Å². The zero-order valence-corrected chi connectivity index (χ0v) is 8.72. The zero-order valence-electron chi connectivity index (χ0n) is 8.72. The summed E-state index contributed by atoms with van der Waals surface area (Å²) in [5.74, 6) is -0.468.